The van der Waals surface area contributed by atoms with E-state index < -0.39 is 10.0 Å². The first-order valence-corrected chi connectivity index (χ1v) is 7.43. The molecule has 2 aromatic rings. The molecule has 0 aliphatic heterocycles. The third-order valence-corrected chi connectivity index (χ3v) is 4.11. The molecule has 1 aromatic carbocycles. The van der Waals surface area contributed by atoms with E-state index in [4.69, 9.17) is 10.5 Å². The number of aryl methyl sites for hydroxylation is 1. The van der Waals surface area contributed by atoms with Crippen LogP contribution in [0.25, 0.3) is 0 Å². The monoisotopic (exact) mass is 296 g/mol. The SMILES string of the molecule is Cn1nccc1S(=O)(=O)NCCOc1cccc(N)c1. The van der Waals surface area contributed by atoms with Crippen LogP contribution in [0.1, 0.15) is 0 Å². The number of hydrogen-bond donors (Lipinski definition) is 2. The van der Waals surface area contributed by atoms with Crippen molar-refractivity contribution in [2.45, 2.75) is 5.03 Å². The van der Waals surface area contributed by atoms with Gasteiger partial charge in [-0.1, -0.05) is 6.07 Å². The van der Waals surface area contributed by atoms with Crippen molar-refractivity contribution in [1.29, 1.82) is 0 Å². The van der Waals surface area contributed by atoms with Crippen molar-refractivity contribution in [3.8, 4) is 5.75 Å². The smallest absolute Gasteiger partial charge is 0.257 e. The van der Waals surface area contributed by atoms with Gasteiger partial charge in [0.15, 0.2) is 5.03 Å². The summed E-state index contributed by atoms with van der Waals surface area (Å²) >= 11 is 0. The Morgan fingerprint density at radius 2 is 2.20 bits per heavy atom. The van der Waals surface area contributed by atoms with Crippen LogP contribution in [0.2, 0.25) is 0 Å². The van der Waals surface area contributed by atoms with Gasteiger partial charge < -0.3 is 10.5 Å². The first-order chi connectivity index (χ1) is 9.49. The summed E-state index contributed by atoms with van der Waals surface area (Å²) in [5, 5.41) is 3.93. The maximum Gasteiger partial charge on any atom is 0.257 e. The number of nitrogen functional groups attached to an aromatic ring is 1. The van der Waals surface area contributed by atoms with E-state index >= 15 is 0 Å². The van der Waals surface area contributed by atoms with Crippen LogP contribution in [0.4, 0.5) is 5.69 Å². The summed E-state index contributed by atoms with van der Waals surface area (Å²) in [4.78, 5) is 0. The maximum absolute atomic E-state index is 11.9. The summed E-state index contributed by atoms with van der Waals surface area (Å²) in [5.41, 5.74) is 6.21. The van der Waals surface area contributed by atoms with Crippen LogP contribution in [-0.4, -0.2) is 31.3 Å². The Labute approximate surface area is 117 Å². The minimum atomic E-state index is -3.56. The van der Waals surface area contributed by atoms with E-state index in [0.717, 1.165) is 0 Å². The van der Waals surface area contributed by atoms with E-state index in [1.807, 2.05) is 0 Å². The molecule has 20 heavy (non-hydrogen) atoms. The molecule has 0 aliphatic rings. The van der Waals surface area contributed by atoms with Crippen LogP contribution in [-0.2, 0) is 17.1 Å². The van der Waals surface area contributed by atoms with Gasteiger partial charge in [-0.05, 0) is 18.2 Å². The second-order valence-corrected chi connectivity index (χ2v) is 5.83. The van der Waals surface area contributed by atoms with Crippen molar-refractivity contribution in [1.82, 2.24) is 14.5 Å². The molecule has 7 nitrogen and oxygen atoms in total. The van der Waals surface area contributed by atoms with Crippen molar-refractivity contribution >= 4 is 15.7 Å². The molecule has 0 atom stereocenters. The second kappa shape index (κ2) is 5.93. The van der Waals surface area contributed by atoms with Gasteiger partial charge in [0, 0.05) is 25.3 Å². The average Bonchev–Trinajstić information content (AvgIpc) is 2.82. The number of nitrogens with one attached hydrogen (secondary N) is 1. The van der Waals surface area contributed by atoms with E-state index in [1.54, 1.807) is 31.3 Å². The lowest BCUT2D eigenvalue weighted by Crippen LogP contribution is -2.29. The van der Waals surface area contributed by atoms with E-state index in [9.17, 15) is 8.42 Å². The van der Waals surface area contributed by atoms with Crippen LogP contribution in [0, 0.1) is 0 Å². The van der Waals surface area contributed by atoms with E-state index in [-0.39, 0.29) is 18.2 Å². The summed E-state index contributed by atoms with van der Waals surface area (Å²) in [6.07, 6.45) is 1.43. The minimum Gasteiger partial charge on any atom is -0.492 e. The topological polar surface area (TPSA) is 99.2 Å². The lowest BCUT2D eigenvalue weighted by molar-refractivity contribution is 0.323. The van der Waals surface area contributed by atoms with Gasteiger partial charge in [-0.15, -0.1) is 0 Å². The lowest BCUT2D eigenvalue weighted by Gasteiger charge is -2.09. The van der Waals surface area contributed by atoms with Crippen LogP contribution in [0.3, 0.4) is 0 Å². The van der Waals surface area contributed by atoms with Gasteiger partial charge in [-0.3, -0.25) is 4.68 Å². The van der Waals surface area contributed by atoms with Crippen LogP contribution < -0.4 is 15.2 Å². The number of aromatic nitrogens is 2. The maximum atomic E-state index is 11.9. The van der Waals surface area contributed by atoms with Gasteiger partial charge >= 0.3 is 0 Å². The average molecular weight is 296 g/mol. The summed E-state index contributed by atoms with van der Waals surface area (Å²) in [6.45, 7) is 0.364. The Morgan fingerprint density at radius 3 is 2.85 bits per heavy atom. The van der Waals surface area contributed by atoms with Gasteiger partial charge in [0.25, 0.3) is 10.0 Å². The van der Waals surface area contributed by atoms with Crippen LogP contribution >= 0.6 is 0 Å². The quantitative estimate of drug-likeness (QED) is 0.592. The molecule has 1 heterocycles. The Balaban J connectivity index is 1.86. The molecule has 108 valence electrons. The molecule has 1 aromatic heterocycles. The molecule has 0 spiro atoms. The fourth-order valence-electron chi connectivity index (χ4n) is 1.65. The predicted octanol–water partition coefficient (Wildman–Crippen LogP) is 0.360. The molecule has 0 aliphatic carbocycles. The fourth-order valence-corrected chi connectivity index (χ4v) is 2.78. The minimum absolute atomic E-state index is 0.112. The third kappa shape index (κ3) is 3.49. The zero-order valence-corrected chi connectivity index (χ0v) is 11.8. The van der Waals surface area contributed by atoms with Gasteiger partial charge in [-0.25, -0.2) is 13.1 Å². The summed E-state index contributed by atoms with van der Waals surface area (Å²) in [6, 6.07) is 8.38. The Hall–Kier alpha value is -2.06. The number of ether oxygens (including phenoxy) is 1. The van der Waals surface area contributed by atoms with Gasteiger partial charge in [0.05, 0.1) is 6.20 Å². The lowest BCUT2D eigenvalue weighted by atomic mass is 10.3. The molecular weight excluding hydrogens is 280 g/mol. The number of rotatable bonds is 6. The van der Waals surface area contributed by atoms with E-state index in [2.05, 4.69) is 9.82 Å². The van der Waals surface area contributed by atoms with Crippen molar-refractivity contribution in [2.24, 2.45) is 7.05 Å². The first-order valence-electron chi connectivity index (χ1n) is 5.95. The molecule has 0 fully saturated rings. The zero-order chi connectivity index (χ0) is 14.6. The number of nitrogens with zero attached hydrogens (tertiary/aromatic N) is 2. The first kappa shape index (κ1) is 14.4. The number of nitrogens with two attached hydrogens (primary N) is 1. The highest BCUT2D eigenvalue weighted by Gasteiger charge is 2.16. The fraction of sp³-hybridized carbons (Fsp3) is 0.250. The van der Waals surface area contributed by atoms with Crippen molar-refractivity contribution in [3.63, 3.8) is 0 Å². The molecule has 0 saturated carbocycles. The van der Waals surface area contributed by atoms with Crippen molar-refractivity contribution in [2.75, 3.05) is 18.9 Å². The molecule has 2 rings (SSSR count). The van der Waals surface area contributed by atoms with Gasteiger partial charge in [-0.2, -0.15) is 5.10 Å². The highest BCUT2D eigenvalue weighted by Crippen LogP contribution is 2.14. The normalized spacial score (nSPS) is 11.4. The van der Waals surface area contributed by atoms with Crippen molar-refractivity contribution in [3.05, 3.63) is 36.5 Å². The highest BCUT2D eigenvalue weighted by atomic mass is 32.2. The van der Waals surface area contributed by atoms with Crippen molar-refractivity contribution < 1.29 is 13.2 Å². The molecule has 3 N–H and O–H groups in total. The van der Waals surface area contributed by atoms with Crippen LogP contribution in [0.5, 0.6) is 5.75 Å². The van der Waals surface area contributed by atoms with E-state index in [0.29, 0.717) is 11.4 Å². The highest BCUT2D eigenvalue weighted by molar-refractivity contribution is 7.89. The molecule has 8 heteroatoms. The van der Waals surface area contributed by atoms with E-state index in [1.165, 1.54) is 16.9 Å². The standard InChI is InChI=1S/C12H16N4O3S/c1-16-12(5-6-14-16)20(17,18)15-7-8-19-11-4-2-3-10(13)9-11/h2-6,9,15H,7-8,13H2,1H3. The predicted molar refractivity (Wildman–Crippen MR) is 74.7 cm³/mol. The largest absolute Gasteiger partial charge is 0.492 e. The molecular formula is C12H16N4O3S. The van der Waals surface area contributed by atoms with Gasteiger partial charge in [0.1, 0.15) is 12.4 Å². The number of sulfonamides is 1. The summed E-state index contributed by atoms with van der Waals surface area (Å²) < 4.78 is 33.0. The summed E-state index contributed by atoms with van der Waals surface area (Å²) in [5.74, 6) is 0.602. The number of anilines is 1. The Morgan fingerprint density at radius 1 is 1.40 bits per heavy atom. The molecule has 0 radical (unpaired) electrons. The Kier molecular flexibility index (Phi) is 4.26. The Bertz CT molecular complexity index is 682. The number of benzene rings is 1. The van der Waals surface area contributed by atoms with Gasteiger partial charge in [0.2, 0.25) is 0 Å². The molecule has 0 unspecified atom stereocenters. The second-order valence-electron chi connectivity index (χ2n) is 4.11. The molecule has 0 saturated heterocycles. The van der Waals surface area contributed by atoms with Crippen LogP contribution in [0.15, 0.2) is 41.6 Å². The zero-order valence-electron chi connectivity index (χ0n) is 11.0. The third-order valence-electron chi connectivity index (χ3n) is 2.57. The molecule has 0 amide bonds. The molecule has 0 bridgehead atoms. The number of hydrogen-bond acceptors (Lipinski definition) is 5. The summed E-state index contributed by atoms with van der Waals surface area (Å²) in [7, 11) is -2.00.